The predicted molar refractivity (Wildman–Crippen MR) is 84.1 cm³/mol. The SMILES string of the molecule is Cc1ccc(NC(=S)Nc2ccccc2)c([N+](=O)[O-])c1. The van der Waals surface area contributed by atoms with E-state index >= 15 is 0 Å². The molecule has 0 saturated heterocycles. The Morgan fingerprint density at radius 2 is 1.85 bits per heavy atom. The van der Waals surface area contributed by atoms with Gasteiger partial charge in [-0.1, -0.05) is 24.3 Å². The first-order chi connectivity index (χ1) is 9.56. The molecule has 0 unspecified atom stereocenters. The van der Waals surface area contributed by atoms with Gasteiger partial charge in [0.05, 0.1) is 4.92 Å². The molecule has 0 aliphatic heterocycles. The number of anilines is 2. The first-order valence-corrected chi connectivity index (χ1v) is 6.35. The van der Waals surface area contributed by atoms with E-state index in [-0.39, 0.29) is 5.69 Å². The number of thiocarbonyl (C=S) groups is 1. The van der Waals surface area contributed by atoms with Crippen molar-refractivity contribution in [2.24, 2.45) is 0 Å². The minimum absolute atomic E-state index is 0.00205. The zero-order valence-electron chi connectivity index (χ0n) is 10.8. The topological polar surface area (TPSA) is 67.2 Å². The number of nitro benzene ring substituents is 1. The standard InChI is InChI=1S/C14H13N3O2S/c1-10-7-8-12(13(9-10)17(18)19)16-14(20)15-11-5-3-2-4-6-11/h2-9H,1H3,(H2,15,16,20). The molecule has 6 heteroatoms. The molecule has 0 aromatic heterocycles. The number of nitrogens with zero attached hydrogens (tertiary/aromatic N) is 1. The lowest BCUT2D eigenvalue weighted by molar-refractivity contribution is -0.383. The molecule has 5 nitrogen and oxygen atoms in total. The third-order valence-corrected chi connectivity index (χ3v) is 2.83. The quantitative estimate of drug-likeness (QED) is 0.511. The fraction of sp³-hybridized carbons (Fsp3) is 0.0714. The van der Waals surface area contributed by atoms with E-state index in [1.807, 2.05) is 30.3 Å². The van der Waals surface area contributed by atoms with E-state index < -0.39 is 4.92 Å². The smallest absolute Gasteiger partial charge is 0.292 e. The number of aryl methyl sites for hydroxylation is 1. The van der Waals surface area contributed by atoms with Crippen LogP contribution in [0.5, 0.6) is 0 Å². The summed E-state index contributed by atoms with van der Waals surface area (Å²) in [4.78, 5) is 10.6. The summed E-state index contributed by atoms with van der Waals surface area (Å²) in [5.74, 6) is 0. The molecular weight excluding hydrogens is 274 g/mol. The van der Waals surface area contributed by atoms with Crippen molar-refractivity contribution < 1.29 is 4.92 Å². The molecule has 0 heterocycles. The van der Waals surface area contributed by atoms with Crippen molar-refractivity contribution >= 4 is 34.4 Å². The highest BCUT2D eigenvalue weighted by Gasteiger charge is 2.14. The van der Waals surface area contributed by atoms with Gasteiger partial charge in [-0.2, -0.15) is 0 Å². The lowest BCUT2D eigenvalue weighted by Gasteiger charge is -2.11. The van der Waals surface area contributed by atoms with Gasteiger partial charge >= 0.3 is 0 Å². The van der Waals surface area contributed by atoms with E-state index in [4.69, 9.17) is 12.2 Å². The third-order valence-electron chi connectivity index (χ3n) is 2.63. The van der Waals surface area contributed by atoms with Crippen molar-refractivity contribution in [1.82, 2.24) is 0 Å². The van der Waals surface area contributed by atoms with Crippen LogP contribution in [0.3, 0.4) is 0 Å². The Morgan fingerprint density at radius 3 is 2.50 bits per heavy atom. The number of para-hydroxylation sites is 1. The normalized spacial score (nSPS) is 9.85. The van der Waals surface area contributed by atoms with Crippen LogP contribution in [0, 0.1) is 17.0 Å². The molecule has 0 bridgehead atoms. The molecule has 2 aromatic carbocycles. The van der Waals surface area contributed by atoms with Crippen molar-refractivity contribution in [3.63, 3.8) is 0 Å². The molecule has 2 rings (SSSR count). The predicted octanol–water partition coefficient (Wildman–Crippen LogP) is 3.71. The molecule has 0 aliphatic rings. The third kappa shape index (κ3) is 3.52. The van der Waals surface area contributed by atoms with Gasteiger partial charge in [-0.3, -0.25) is 10.1 Å². The summed E-state index contributed by atoms with van der Waals surface area (Å²) in [5.41, 5.74) is 2.01. The molecule has 0 amide bonds. The van der Waals surface area contributed by atoms with Gasteiger partial charge in [0.2, 0.25) is 0 Å². The van der Waals surface area contributed by atoms with Crippen LogP contribution in [0.15, 0.2) is 48.5 Å². The lowest BCUT2D eigenvalue weighted by atomic mass is 10.2. The highest BCUT2D eigenvalue weighted by molar-refractivity contribution is 7.80. The highest BCUT2D eigenvalue weighted by atomic mass is 32.1. The van der Waals surface area contributed by atoms with Crippen LogP contribution in [-0.2, 0) is 0 Å². The van der Waals surface area contributed by atoms with Gasteiger partial charge in [0.15, 0.2) is 5.11 Å². The molecule has 0 radical (unpaired) electrons. The fourth-order valence-corrected chi connectivity index (χ4v) is 1.93. The van der Waals surface area contributed by atoms with E-state index in [1.54, 1.807) is 19.1 Å². The second-order valence-electron chi connectivity index (χ2n) is 4.22. The van der Waals surface area contributed by atoms with Crippen LogP contribution in [0.25, 0.3) is 0 Å². The number of hydrogen-bond donors (Lipinski definition) is 2. The number of nitrogens with one attached hydrogen (secondary N) is 2. The molecule has 0 aliphatic carbocycles. The second kappa shape index (κ2) is 6.12. The number of nitro groups is 1. The van der Waals surface area contributed by atoms with Gasteiger partial charge in [0.1, 0.15) is 5.69 Å². The maximum absolute atomic E-state index is 11.0. The van der Waals surface area contributed by atoms with E-state index in [9.17, 15) is 10.1 Å². The van der Waals surface area contributed by atoms with Crippen molar-refractivity contribution in [3.05, 3.63) is 64.2 Å². The van der Waals surface area contributed by atoms with Gasteiger partial charge < -0.3 is 10.6 Å². The Kier molecular flexibility index (Phi) is 4.27. The van der Waals surface area contributed by atoms with Crippen LogP contribution in [0.1, 0.15) is 5.56 Å². The molecule has 0 fully saturated rings. The Morgan fingerprint density at radius 1 is 1.15 bits per heavy atom. The van der Waals surface area contributed by atoms with E-state index in [2.05, 4.69) is 10.6 Å². The Balaban J connectivity index is 2.14. The second-order valence-corrected chi connectivity index (χ2v) is 4.63. The van der Waals surface area contributed by atoms with Crippen LogP contribution < -0.4 is 10.6 Å². The van der Waals surface area contributed by atoms with Crippen molar-refractivity contribution in [2.75, 3.05) is 10.6 Å². The van der Waals surface area contributed by atoms with Gasteiger partial charge in [-0.25, -0.2) is 0 Å². The zero-order valence-corrected chi connectivity index (χ0v) is 11.6. The van der Waals surface area contributed by atoms with E-state index in [1.165, 1.54) is 6.07 Å². The Bertz CT molecular complexity index is 644. The largest absolute Gasteiger partial charge is 0.332 e. The van der Waals surface area contributed by atoms with Crippen LogP contribution in [-0.4, -0.2) is 10.0 Å². The summed E-state index contributed by atoms with van der Waals surface area (Å²) < 4.78 is 0. The summed E-state index contributed by atoms with van der Waals surface area (Å²) in [6.07, 6.45) is 0. The summed E-state index contributed by atoms with van der Waals surface area (Å²) in [6, 6.07) is 14.3. The number of rotatable bonds is 3. The highest BCUT2D eigenvalue weighted by Crippen LogP contribution is 2.25. The van der Waals surface area contributed by atoms with Crippen LogP contribution in [0.4, 0.5) is 17.1 Å². The first kappa shape index (κ1) is 14.0. The maximum atomic E-state index is 11.0. The average molecular weight is 287 g/mol. The minimum Gasteiger partial charge on any atom is -0.332 e. The van der Waals surface area contributed by atoms with E-state index in [0.29, 0.717) is 10.8 Å². The minimum atomic E-state index is -0.430. The number of hydrogen-bond acceptors (Lipinski definition) is 3. The Labute approximate surface area is 121 Å². The first-order valence-electron chi connectivity index (χ1n) is 5.94. The summed E-state index contributed by atoms with van der Waals surface area (Å²) in [5, 5.41) is 17.1. The van der Waals surface area contributed by atoms with Crippen molar-refractivity contribution in [1.29, 1.82) is 0 Å². The van der Waals surface area contributed by atoms with Gasteiger partial charge in [-0.05, 0) is 42.9 Å². The summed E-state index contributed by atoms with van der Waals surface area (Å²) in [6.45, 7) is 1.80. The maximum Gasteiger partial charge on any atom is 0.292 e. The van der Waals surface area contributed by atoms with Crippen LogP contribution >= 0.6 is 12.2 Å². The van der Waals surface area contributed by atoms with Crippen molar-refractivity contribution in [2.45, 2.75) is 6.92 Å². The molecule has 2 aromatic rings. The molecule has 2 N–H and O–H groups in total. The monoisotopic (exact) mass is 287 g/mol. The number of benzene rings is 2. The average Bonchev–Trinajstić information content (AvgIpc) is 2.41. The van der Waals surface area contributed by atoms with Crippen LogP contribution in [0.2, 0.25) is 0 Å². The molecule has 0 spiro atoms. The Hall–Kier alpha value is -2.47. The summed E-state index contributed by atoms with van der Waals surface area (Å²) in [7, 11) is 0. The molecule has 0 saturated carbocycles. The zero-order chi connectivity index (χ0) is 14.5. The summed E-state index contributed by atoms with van der Waals surface area (Å²) >= 11 is 5.15. The van der Waals surface area contributed by atoms with Gasteiger partial charge in [-0.15, -0.1) is 0 Å². The molecule has 0 atom stereocenters. The van der Waals surface area contributed by atoms with Gasteiger partial charge in [0.25, 0.3) is 5.69 Å². The molecular formula is C14H13N3O2S. The van der Waals surface area contributed by atoms with Gasteiger partial charge in [0, 0.05) is 11.8 Å². The van der Waals surface area contributed by atoms with Crippen molar-refractivity contribution in [3.8, 4) is 0 Å². The fourth-order valence-electron chi connectivity index (χ4n) is 1.70. The van der Waals surface area contributed by atoms with E-state index in [0.717, 1.165) is 11.3 Å². The lowest BCUT2D eigenvalue weighted by Crippen LogP contribution is -2.19. The molecule has 20 heavy (non-hydrogen) atoms. The molecule has 102 valence electrons.